The third-order valence-electron chi connectivity index (χ3n) is 10.8. The lowest BCUT2D eigenvalue weighted by Crippen LogP contribution is -2.16. The van der Waals surface area contributed by atoms with Crippen LogP contribution in [0.1, 0.15) is 30.4 Å². The van der Waals surface area contributed by atoms with E-state index in [9.17, 15) is 0 Å². The summed E-state index contributed by atoms with van der Waals surface area (Å²) in [6, 6.07) is 45.4. The van der Waals surface area contributed by atoms with Gasteiger partial charge in [-0.05, 0) is 114 Å². The molecule has 0 bridgehead atoms. The Kier molecular flexibility index (Phi) is 4.48. The van der Waals surface area contributed by atoms with Gasteiger partial charge in [-0.3, -0.25) is 0 Å². The summed E-state index contributed by atoms with van der Waals surface area (Å²) in [4.78, 5) is 0. The van der Waals surface area contributed by atoms with Gasteiger partial charge in [0.1, 0.15) is 0 Å². The third-order valence-corrected chi connectivity index (χ3v) is 10.8. The maximum Gasteiger partial charge on any atom is 0.00686 e. The van der Waals surface area contributed by atoms with Crippen molar-refractivity contribution in [3.05, 3.63) is 150 Å². The van der Waals surface area contributed by atoms with Crippen molar-refractivity contribution in [1.82, 2.24) is 0 Å². The van der Waals surface area contributed by atoms with Crippen LogP contribution in [0.15, 0.2) is 139 Å². The zero-order valence-corrected chi connectivity index (χ0v) is 23.5. The summed E-state index contributed by atoms with van der Waals surface area (Å²) in [5.41, 5.74) is 14.7. The van der Waals surface area contributed by atoms with Gasteiger partial charge in [0.2, 0.25) is 0 Å². The summed E-state index contributed by atoms with van der Waals surface area (Å²) in [6.07, 6.45) is 8.61. The smallest absolute Gasteiger partial charge is 0.00686 e. The van der Waals surface area contributed by atoms with Crippen LogP contribution in [0, 0.1) is 11.8 Å². The lowest BCUT2D eigenvalue weighted by molar-refractivity contribution is 0.647. The van der Waals surface area contributed by atoms with E-state index in [0.717, 1.165) is 18.3 Å². The Morgan fingerprint density at radius 2 is 1.12 bits per heavy atom. The van der Waals surface area contributed by atoms with Crippen molar-refractivity contribution in [3.63, 3.8) is 0 Å². The van der Waals surface area contributed by atoms with E-state index >= 15 is 0 Å². The molecule has 42 heavy (non-hydrogen) atoms. The zero-order chi connectivity index (χ0) is 27.4. The number of benzene rings is 6. The number of allylic oxidation sites excluding steroid dienone is 4. The molecule has 10 rings (SSSR count). The highest BCUT2D eigenvalue weighted by atomic mass is 14.8. The van der Waals surface area contributed by atoms with E-state index in [0.29, 0.717) is 5.41 Å². The zero-order valence-electron chi connectivity index (χ0n) is 23.5. The minimum Gasteiger partial charge on any atom is -0.0839 e. The third kappa shape index (κ3) is 2.97. The summed E-state index contributed by atoms with van der Waals surface area (Å²) in [6.45, 7) is 0. The Bertz CT molecular complexity index is 2100. The monoisotopic (exact) mass is 534 g/mol. The van der Waals surface area contributed by atoms with E-state index in [1.54, 1.807) is 16.7 Å². The molecule has 0 heterocycles. The molecule has 6 aromatic carbocycles. The standard InChI is InChI=1S/C42H30/c1-2-10-26(11-3-1)27-18-20-28(21-19-27)39-31-13-5-7-15-33(31)40(34-16-8-6-14-32(34)39)29-22-23-37-36(24-29)30-12-4-9-17-35(30)41-38-25-42(37,38)41/h1-3,5-11,13-24,38,41H,4,12,25H2. The quantitative estimate of drug-likeness (QED) is 0.198. The number of rotatable bonds is 3. The molecule has 0 aromatic heterocycles. The fourth-order valence-corrected chi connectivity index (χ4v) is 8.71. The topological polar surface area (TPSA) is 0 Å². The van der Waals surface area contributed by atoms with Gasteiger partial charge in [0.05, 0.1) is 0 Å². The van der Waals surface area contributed by atoms with E-state index in [4.69, 9.17) is 0 Å². The SMILES string of the molecule is C1=CC2=C(CC1)c1cc(-c3c4ccccc4c(-c4ccc(-c5ccccc5)cc4)c4ccccc34)ccc1C13CC1C23. The first kappa shape index (κ1) is 22.9. The van der Waals surface area contributed by atoms with Gasteiger partial charge in [0.15, 0.2) is 0 Å². The van der Waals surface area contributed by atoms with Crippen LogP contribution in [0.25, 0.3) is 60.5 Å². The van der Waals surface area contributed by atoms with Gasteiger partial charge in [0.25, 0.3) is 0 Å². The second-order valence-electron chi connectivity index (χ2n) is 12.7. The Hall–Kier alpha value is -4.68. The molecule has 0 nitrogen and oxygen atoms in total. The van der Waals surface area contributed by atoms with Gasteiger partial charge in [-0.2, -0.15) is 0 Å². The van der Waals surface area contributed by atoms with Crippen molar-refractivity contribution in [1.29, 1.82) is 0 Å². The summed E-state index contributed by atoms with van der Waals surface area (Å²) >= 11 is 0. The fraction of sp³-hybridized carbons (Fsp3) is 0.143. The highest BCUT2D eigenvalue weighted by Gasteiger charge is 2.81. The molecule has 0 aliphatic heterocycles. The molecule has 0 heteroatoms. The molecule has 198 valence electrons. The first-order valence-electron chi connectivity index (χ1n) is 15.5. The van der Waals surface area contributed by atoms with Crippen molar-refractivity contribution in [2.75, 3.05) is 0 Å². The molecular weight excluding hydrogens is 504 g/mol. The van der Waals surface area contributed by atoms with Crippen LogP contribution in [0.5, 0.6) is 0 Å². The van der Waals surface area contributed by atoms with Crippen molar-refractivity contribution in [2.45, 2.75) is 24.7 Å². The molecule has 3 atom stereocenters. The van der Waals surface area contributed by atoms with Crippen molar-refractivity contribution < 1.29 is 0 Å². The van der Waals surface area contributed by atoms with Crippen molar-refractivity contribution >= 4 is 27.1 Å². The van der Waals surface area contributed by atoms with Crippen LogP contribution in [0.3, 0.4) is 0 Å². The van der Waals surface area contributed by atoms with E-state index in [-0.39, 0.29) is 0 Å². The highest BCUT2D eigenvalue weighted by Crippen LogP contribution is 2.85. The van der Waals surface area contributed by atoms with Crippen LogP contribution in [0.2, 0.25) is 0 Å². The van der Waals surface area contributed by atoms with Crippen LogP contribution in [-0.4, -0.2) is 0 Å². The molecule has 2 saturated carbocycles. The number of hydrogen-bond acceptors (Lipinski definition) is 0. The Labute approximate surface area is 246 Å². The second-order valence-corrected chi connectivity index (χ2v) is 12.7. The molecule has 3 unspecified atom stereocenters. The predicted molar refractivity (Wildman–Crippen MR) is 176 cm³/mol. The predicted octanol–water partition coefficient (Wildman–Crippen LogP) is 11.0. The van der Waals surface area contributed by atoms with E-state index in [1.807, 2.05) is 0 Å². The Morgan fingerprint density at radius 3 is 1.79 bits per heavy atom. The molecule has 0 saturated heterocycles. The van der Waals surface area contributed by atoms with Crippen LogP contribution < -0.4 is 0 Å². The average molecular weight is 535 g/mol. The lowest BCUT2D eigenvalue weighted by atomic mass is 9.74. The van der Waals surface area contributed by atoms with E-state index in [1.165, 1.54) is 73.3 Å². The first-order valence-corrected chi connectivity index (χ1v) is 15.5. The van der Waals surface area contributed by atoms with Crippen molar-refractivity contribution in [3.8, 4) is 33.4 Å². The summed E-state index contributed by atoms with van der Waals surface area (Å²) < 4.78 is 0. The lowest BCUT2D eigenvalue weighted by Gasteiger charge is -2.30. The molecular formula is C42H30. The highest BCUT2D eigenvalue weighted by molar-refractivity contribution is 6.21. The molecule has 4 aliphatic rings. The second kappa shape index (κ2) is 8.20. The maximum absolute atomic E-state index is 2.56. The van der Waals surface area contributed by atoms with Gasteiger partial charge < -0.3 is 0 Å². The van der Waals surface area contributed by atoms with E-state index < -0.39 is 0 Å². The minimum absolute atomic E-state index is 0.467. The van der Waals surface area contributed by atoms with Gasteiger partial charge in [-0.1, -0.05) is 127 Å². The molecule has 0 radical (unpaired) electrons. The number of fused-ring (bicyclic) bond motifs is 6. The first-order chi connectivity index (χ1) is 20.8. The fourth-order valence-electron chi connectivity index (χ4n) is 8.71. The van der Waals surface area contributed by atoms with Gasteiger partial charge in [-0.25, -0.2) is 0 Å². The summed E-state index contributed by atoms with van der Waals surface area (Å²) in [7, 11) is 0. The molecule has 2 fully saturated rings. The maximum atomic E-state index is 2.56. The van der Waals surface area contributed by atoms with Crippen LogP contribution >= 0.6 is 0 Å². The van der Waals surface area contributed by atoms with Gasteiger partial charge in [0, 0.05) is 5.41 Å². The Morgan fingerprint density at radius 1 is 0.548 bits per heavy atom. The van der Waals surface area contributed by atoms with Crippen LogP contribution in [0.4, 0.5) is 0 Å². The van der Waals surface area contributed by atoms with Crippen LogP contribution in [-0.2, 0) is 5.41 Å². The van der Waals surface area contributed by atoms with E-state index in [2.05, 4.69) is 133 Å². The van der Waals surface area contributed by atoms with Gasteiger partial charge in [-0.15, -0.1) is 0 Å². The largest absolute Gasteiger partial charge is 0.0839 e. The minimum atomic E-state index is 0.467. The average Bonchev–Trinajstić information content (AvgIpc) is 3.95. The molecule has 1 spiro atoms. The summed E-state index contributed by atoms with van der Waals surface area (Å²) in [5.74, 6) is 1.70. The Balaban J connectivity index is 1.20. The molecule has 0 N–H and O–H groups in total. The van der Waals surface area contributed by atoms with Crippen molar-refractivity contribution in [2.24, 2.45) is 11.8 Å². The molecule has 0 amide bonds. The van der Waals surface area contributed by atoms with Gasteiger partial charge >= 0.3 is 0 Å². The number of hydrogen-bond donors (Lipinski definition) is 0. The normalized spacial score (nSPS) is 22.9. The molecule has 6 aromatic rings. The molecule has 4 aliphatic carbocycles. The summed E-state index contributed by atoms with van der Waals surface area (Å²) in [5, 5.41) is 5.30.